The second kappa shape index (κ2) is 74.9. The van der Waals surface area contributed by atoms with Crippen molar-refractivity contribution in [3.8, 4) is 0 Å². The van der Waals surface area contributed by atoms with E-state index in [2.05, 4.69) is 34.6 Å². The van der Waals surface area contributed by atoms with Crippen LogP contribution in [0.3, 0.4) is 0 Å². The van der Waals surface area contributed by atoms with Crippen LogP contribution < -0.4 is 0 Å². The van der Waals surface area contributed by atoms with E-state index in [-0.39, 0.29) is 25.7 Å². The second-order valence-electron chi connectivity index (χ2n) is 29.8. The topological polar surface area (TPSA) is 237 Å². The van der Waals surface area contributed by atoms with Gasteiger partial charge in [-0.05, 0) is 31.6 Å². The van der Waals surface area contributed by atoms with Crippen molar-refractivity contribution < 1.29 is 80.2 Å². The first-order valence-electron chi connectivity index (χ1n) is 42.7. The molecule has 19 heteroatoms. The molecule has 0 radical (unpaired) electrons. The second-order valence-corrected chi connectivity index (χ2v) is 32.7. The van der Waals surface area contributed by atoms with Crippen molar-refractivity contribution in [3.05, 3.63) is 0 Å². The van der Waals surface area contributed by atoms with E-state index in [0.717, 1.165) is 102 Å². The number of ether oxygens (including phenoxy) is 4. The summed E-state index contributed by atoms with van der Waals surface area (Å²) in [5.41, 5.74) is 0. The van der Waals surface area contributed by atoms with Gasteiger partial charge in [0.15, 0.2) is 12.2 Å². The van der Waals surface area contributed by atoms with Crippen LogP contribution in [0, 0.1) is 5.92 Å². The summed E-state index contributed by atoms with van der Waals surface area (Å²) in [6.45, 7) is 7.30. The third kappa shape index (κ3) is 74.7. The minimum Gasteiger partial charge on any atom is -0.462 e. The fraction of sp³-hybridized carbons (Fsp3) is 0.951. The number of aliphatic hydroxyl groups is 1. The predicted molar refractivity (Wildman–Crippen MR) is 414 cm³/mol. The van der Waals surface area contributed by atoms with Crippen LogP contribution in [0.1, 0.15) is 439 Å². The van der Waals surface area contributed by atoms with Gasteiger partial charge in [0.1, 0.15) is 19.3 Å². The van der Waals surface area contributed by atoms with Crippen molar-refractivity contribution >= 4 is 39.5 Å². The van der Waals surface area contributed by atoms with Crippen molar-refractivity contribution in [1.82, 2.24) is 0 Å². The van der Waals surface area contributed by atoms with Crippen LogP contribution in [0.15, 0.2) is 0 Å². The number of carbonyl (C=O) groups is 4. The fourth-order valence-corrected chi connectivity index (χ4v) is 14.3. The maximum absolute atomic E-state index is 13.1. The van der Waals surface area contributed by atoms with Crippen LogP contribution in [0.2, 0.25) is 0 Å². The Morgan fingerprint density at radius 2 is 0.475 bits per heavy atom. The number of rotatable bonds is 82. The highest BCUT2D eigenvalue weighted by Crippen LogP contribution is 2.45. The van der Waals surface area contributed by atoms with E-state index >= 15 is 0 Å². The summed E-state index contributed by atoms with van der Waals surface area (Å²) >= 11 is 0. The van der Waals surface area contributed by atoms with Gasteiger partial charge < -0.3 is 33.8 Å². The number of hydrogen-bond acceptors (Lipinski definition) is 15. The standard InChI is InChI=1S/C82H160O17P2/c1-6-10-13-16-19-22-25-28-31-33-34-35-36-37-39-42-45-48-51-58-63-68-81(86)98-77(71-92-79(84)65-60-55-49-46-43-41-38-32-29-26-23-20-17-14-11-7-2)73-96-100(88,89)94-69-76(83)70-95-101(90,91)97-74-78(72-93-80(85)66-61-56-53-52-54-59-64-75(5)9-4)99-82(87)67-62-57-50-47-44-40-30-27-24-21-18-15-12-8-3/h75-78,83H,6-74H2,1-5H3,(H,88,89)(H,90,91)/t75?,76-,77-,78-/m1/s1. The first-order valence-corrected chi connectivity index (χ1v) is 45.7. The Labute approximate surface area is 619 Å². The minimum absolute atomic E-state index is 0.107. The lowest BCUT2D eigenvalue weighted by atomic mass is 10.00. The Kier molecular flexibility index (Phi) is 73.5. The number of hydrogen-bond donors (Lipinski definition) is 3. The maximum atomic E-state index is 13.1. The Balaban J connectivity index is 5.22. The van der Waals surface area contributed by atoms with E-state index in [4.69, 9.17) is 37.0 Å². The number of aliphatic hydroxyl groups excluding tert-OH is 1. The predicted octanol–water partition coefficient (Wildman–Crippen LogP) is 24.8. The van der Waals surface area contributed by atoms with Crippen LogP contribution in [0.5, 0.6) is 0 Å². The smallest absolute Gasteiger partial charge is 0.462 e. The van der Waals surface area contributed by atoms with Crippen molar-refractivity contribution in [2.24, 2.45) is 5.92 Å². The van der Waals surface area contributed by atoms with E-state index in [9.17, 15) is 43.2 Å². The van der Waals surface area contributed by atoms with Crippen LogP contribution in [-0.4, -0.2) is 96.7 Å². The van der Waals surface area contributed by atoms with E-state index in [1.165, 1.54) is 257 Å². The van der Waals surface area contributed by atoms with Gasteiger partial charge in [-0.2, -0.15) is 0 Å². The lowest BCUT2D eigenvalue weighted by Gasteiger charge is -2.21. The van der Waals surface area contributed by atoms with Gasteiger partial charge in [0.05, 0.1) is 26.4 Å². The van der Waals surface area contributed by atoms with Crippen LogP contribution >= 0.6 is 15.6 Å². The van der Waals surface area contributed by atoms with Crippen molar-refractivity contribution in [2.45, 2.75) is 457 Å². The van der Waals surface area contributed by atoms with Gasteiger partial charge in [-0.25, -0.2) is 9.13 Å². The van der Waals surface area contributed by atoms with Crippen molar-refractivity contribution in [2.75, 3.05) is 39.6 Å². The Hall–Kier alpha value is -1.94. The molecule has 6 atom stereocenters. The zero-order valence-corrected chi connectivity index (χ0v) is 67.8. The highest BCUT2D eigenvalue weighted by atomic mass is 31.2. The van der Waals surface area contributed by atoms with Gasteiger partial charge >= 0.3 is 39.5 Å². The highest BCUT2D eigenvalue weighted by Gasteiger charge is 2.30. The normalized spacial score (nSPS) is 14.1. The maximum Gasteiger partial charge on any atom is 0.472 e. The number of phosphoric ester groups is 2. The van der Waals surface area contributed by atoms with Gasteiger partial charge in [-0.1, -0.05) is 388 Å². The first kappa shape index (κ1) is 99.1. The molecule has 17 nitrogen and oxygen atoms in total. The minimum atomic E-state index is -4.96. The molecule has 0 rings (SSSR count). The molecule has 600 valence electrons. The molecule has 0 bridgehead atoms. The van der Waals surface area contributed by atoms with Crippen molar-refractivity contribution in [3.63, 3.8) is 0 Å². The molecule has 0 saturated heterocycles. The summed E-state index contributed by atoms with van der Waals surface area (Å²) in [5.74, 6) is -1.37. The molecule has 0 aromatic heterocycles. The van der Waals surface area contributed by atoms with E-state index in [1.807, 2.05) is 0 Å². The quantitative estimate of drug-likeness (QED) is 0.0222. The van der Waals surface area contributed by atoms with Gasteiger partial charge in [-0.3, -0.25) is 37.3 Å². The molecule has 101 heavy (non-hydrogen) atoms. The van der Waals surface area contributed by atoms with E-state index in [0.29, 0.717) is 25.7 Å². The van der Waals surface area contributed by atoms with Gasteiger partial charge in [0.25, 0.3) is 0 Å². The SMILES string of the molecule is CCCCCCCCCCCCCCCCCCCCCCCC(=O)O[C@H](COC(=O)CCCCCCCCCCCCCCCCCC)COP(=O)(O)OC[C@@H](O)COP(=O)(O)OC[C@@H](COC(=O)CCCCCCCCC(C)CC)OC(=O)CCCCCCCCCCCCCCCC. The third-order valence-corrected chi connectivity index (χ3v) is 21.5. The highest BCUT2D eigenvalue weighted by molar-refractivity contribution is 7.47. The van der Waals surface area contributed by atoms with E-state index in [1.54, 1.807) is 0 Å². The number of carbonyl (C=O) groups excluding carboxylic acids is 4. The number of phosphoric acid groups is 2. The third-order valence-electron chi connectivity index (χ3n) is 19.6. The van der Waals surface area contributed by atoms with Crippen LogP contribution in [0.25, 0.3) is 0 Å². The number of esters is 4. The molecule has 0 heterocycles. The van der Waals surface area contributed by atoms with Crippen LogP contribution in [-0.2, 0) is 65.4 Å². The van der Waals surface area contributed by atoms with Crippen LogP contribution in [0.4, 0.5) is 0 Å². The largest absolute Gasteiger partial charge is 0.472 e. The molecule has 0 aromatic carbocycles. The summed E-state index contributed by atoms with van der Waals surface area (Å²) in [4.78, 5) is 73.0. The Morgan fingerprint density at radius 1 is 0.277 bits per heavy atom. The average molecular weight is 1480 g/mol. The number of unbranched alkanes of at least 4 members (excludes halogenated alkanes) is 53. The summed E-state index contributed by atoms with van der Waals surface area (Å²) in [5, 5.41) is 10.6. The molecular formula is C82H160O17P2. The monoisotopic (exact) mass is 1480 g/mol. The first-order chi connectivity index (χ1) is 49.1. The Bertz CT molecular complexity index is 1930. The lowest BCUT2D eigenvalue weighted by molar-refractivity contribution is -0.161. The molecule has 0 aliphatic carbocycles. The molecule has 0 saturated carbocycles. The summed E-state index contributed by atoms with van der Waals surface area (Å²) in [7, 11) is -9.92. The summed E-state index contributed by atoms with van der Waals surface area (Å²) in [6, 6.07) is 0. The molecular weight excluding hydrogens is 1320 g/mol. The molecule has 0 aliphatic rings. The van der Waals surface area contributed by atoms with Gasteiger partial charge in [-0.15, -0.1) is 0 Å². The zero-order valence-electron chi connectivity index (χ0n) is 66.1. The van der Waals surface area contributed by atoms with Crippen molar-refractivity contribution in [1.29, 1.82) is 0 Å². The molecule has 3 N–H and O–H groups in total. The van der Waals surface area contributed by atoms with E-state index < -0.39 is 97.5 Å². The molecule has 3 unspecified atom stereocenters. The molecule has 0 spiro atoms. The van der Waals surface area contributed by atoms with Gasteiger partial charge in [0, 0.05) is 25.7 Å². The lowest BCUT2D eigenvalue weighted by Crippen LogP contribution is -2.30. The molecule has 0 fully saturated rings. The van der Waals surface area contributed by atoms with Gasteiger partial charge in [0.2, 0.25) is 0 Å². The summed E-state index contributed by atoms with van der Waals surface area (Å²) < 4.78 is 68.7. The average Bonchev–Trinajstić information content (AvgIpc) is 0.969. The molecule has 0 aromatic rings. The fourth-order valence-electron chi connectivity index (χ4n) is 12.7. The zero-order chi connectivity index (χ0) is 74.1. The Morgan fingerprint density at radius 3 is 0.703 bits per heavy atom. The molecule has 0 amide bonds. The summed E-state index contributed by atoms with van der Waals surface area (Å²) in [6.07, 6.45) is 66.7. The molecule has 0 aliphatic heterocycles.